The molecule has 0 radical (unpaired) electrons. The minimum absolute atomic E-state index is 0.276. The first-order valence-electron chi connectivity index (χ1n) is 9.40. The minimum Gasteiger partial charge on any atom is -0.271 e. The minimum atomic E-state index is -2.71. The number of aromatic nitrogens is 4. The number of carbonyl (C=O) groups excluding carboxylic acids is 1. The van der Waals surface area contributed by atoms with Crippen LogP contribution in [0.25, 0.3) is 10.2 Å². The number of hydrogen-bond acceptors (Lipinski definition) is 5. The molecular formula is C19H21F2N5O2S. The van der Waals surface area contributed by atoms with Crippen LogP contribution >= 0.6 is 11.3 Å². The summed E-state index contributed by atoms with van der Waals surface area (Å²) >= 11 is 1.55. The number of thiophene rings is 1. The number of fused-ring (bicyclic) bond motifs is 3. The predicted molar refractivity (Wildman–Crippen MR) is 106 cm³/mol. The van der Waals surface area contributed by atoms with Crippen LogP contribution in [0.1, 0.15) is 47.4 Å². The molecular weight excluding hydrogens is 400 g/mol. The van der Waals surface area contributed by atoms with E-state index < -0.39 is 12.3 Å². The Balaban J connectivity index is 1.64. The first-order valence-corrected chi connectivity index (χ1v) is 10.2. The summed E-state index contributed by atoms with van der Waals surface area (Å²) in [6.45, 7) is 5.16. The van der Waals surface area contributed by atoms with Crippen molar-refractivity contribution in [3.05, 3.63) is 44.1 Å². The number of nitrogens with zero attached hydrogens (tertiary/aromatic N) is 4. The average molecular weight is 421 g/mol. The number of hydrogen-bond donors (Lipinski definition) is 1. The molecule has 0 unspecified atom stereocenters. The Morgan fingerprint density at radius 3 is 2.86 bits per heavy atom. The summed E-state index contributed by atoms with van der Waals surface area (Å²) in [5.74, 6) is 0.406. The summed E-state index contributed by atoms with van der Waals surface area (Å²) in [5.41, 5.74) is 3.33. The highest BCUT2D eigenvalue weighted by molar-refractivity contribution is 7.18. The average Bonchev–Trinajstić information content (AvgIpc) is 3.18. The Labute approximate surface area is 169 Å². The van der Waals surface area contributed by atoms with Crippen LogP contribution in [0, 0.1) is 19.8 Å². The maximum Gasteiger partial charge on any atom is 0.282 e. The first kappa shape index (κ1) is 19.7. The van der Waals surface area contributed by atoms with Gasteiger partial charge in [0.15, 0.2) is 0 Å². The van der Waals surface area contributed by atoms with E-state index in [9.17, 15) is 18.4 Å². The molecule has 154 valence electrons. The molecule has 3 heterocycles. The fourth-order valence-electron chi connectivity index (χ4n) is 3.72. The highest BCUT2D eigenvalue weighted by atomic mass is 32.1. The highest BCUT2D eigenvalue weighted by Crippen LogP contribution is 2.35. The fraction of sp³-hybridized carbons (Fsp3) is 0.474. The van der Waals surface area contributed by atoms with Gasteiger partial charge in [-0.2, -0.15) is 5.10 Å². The molecule has 29 heavy (non-hydrogen) atoms. The van der Waals surface area contributed by atoms with Crippen molar-refractivity contribution in [3.8, 4) is 0 Å². The topological polar surface area (TPSA) is 81.8 Å². The third kappa shape index (κ3) is 3.57. The van der Waals surface area contributed by atoms with E-state index in [-0.39, 0.29) is 17.8 Å². The van der Waals surface area contributed by atoms with Crippen LogP contribution in [0.2, 0.25) is 0 Å². The zero-order valence-corrected chi connectivity index (χ0v) is 17.1. The number of aryl methyl sites for hydroxylation is 3. The maximum absolute atomic E-state index is 13.1. The largest absolute Gasteiger partial charge is 0.282 e. The molecule has 0 aromatic carbocycles. The fourth-order valence-corrected chi connectivity index (χ4v) is 5.14. The van der Waals surface area contributed by atoms with Gasteiger partial charge in [0.05, 0.1) is 5.39 Å². The Bertz CT molecular complexity index is 1160. The molecule has 0 saturated heterocycles. The number of amides is 1. The van der Waals surface area contributed by atoms with E-state index >= 15 is 0 Å². The van der Waals surface area contributed by atoms with Gasteiger partial charge in [-0.3, -0.25) is 19.7 Å². The smallest absolute Gasteiger partial charge is 0.271 e. The lowest BCUT2D eigenvalue weighted by Gasteiger charge is -2.17. The first-order chi connectivity index (χ1) is 13.7. The van der Waals surface area contributed by atoms with E-state index in [1.165, 1.54) is 15.6 Å². The molecule has 0 fully saturated rings. The summed E-state index contributed by atoms with van der Waals surface area (Å²) in [7, 11) is 0. The number of rotatable bonds is 4. The van der Waals surface area contributed by atoms with Crippen molar-refractivity contribution in [2.24, 2.45) is 5.92 Å². The van der Waals surface area contributed by atoms with Gasteiger partial charge in [0.1, 0.15) is 22.9 Å². The molecule has 0 spiro atoms. The van der Waals surface area contributed by atoms with Crippen LogP contribution in [0.5, 0.6) is 0 Å². The third-order valence-corrected chi connectivity index (χ3v) is 6.40. The van der Waals surface area contributed by atoms with Crippen LogP contribution in [-0.2, 0) is 24.2 Å². The van der Waals surface area contributed by atoms with Gasteiger partial charge in [0.25, 0.3) is 17.9 Å². The molecule has 3 aromatic rings. The van der Waals surface area contributed by atoms with Gasteiger partial charge in [-0.05, 0) is 50.7 Å². The molecule has 1 aliphatic carbocycles. The van der Waals surface area contributed by atoms with E-state index in [4.69, 9.17) is 0 Å². The van der Waals surface area contributed by atoms with Crippen LogP contribution in [0.4, 0.5) is 8.78 Å². The quantitative estimate of drug-likeness (QED) is 0.702. The SMILES string of the molecule is Cc1cc(C(F)F)nn1CC(=O)Nn1c(C)nc2sc3c(c2c1=O)CC[C@H](C)C3. The molecule has 1 atom stereocenters. The molecule has 1 amide bonds. The number of carbonyl (C=O) groups is 1. The molecule has 4 rings (SSSR count). The van der Waals surface area contributed by atoms with Crippen LogP contribution in [-0.4, -0.2) is 25.3 Å². The lowest BCUT2D eigenvalue weighted by Crippen LogP contribution is -2.37. The van der Waals surface area contributed by atoms with Gasteiger partial charge < -0.3 is 0 Å². The van der Waals surface area contributed by atoms with Gasteiger partial charge in [-0.15, -0.1) is 11.3 Å². The molecule has 0 aliphatic heterocycles. The van der Waals surface area contributed by atoms with Gasteiger partial charge in [0, 0.05) is 10.6 Å². The van der Waals surface area contributed by atoms with Crippen molar-refractivity contribution < 1.29 is 13.6 Å². The molecule has 0 bridgehead atoms. The zero-order chi connectivity index (χ0) is 20.9. The van der Waals surface area contributed by atoms with Gasteiger partial charge in [-0.1, -0.05) is 6.92 Å². The van der Waals surface area contributed by atoms with Crippen molar-refractivity contribution in [1.29, 1.82) is 0 Å². The molecule has 1 aliphatic rings. The van der Waals surface area contributed by atoms with Crippen molar-refractivity contribution in [1.82, 2.24) is 19.4 Å². The van der Waals surface area contributed by atoms with Crippen molar-refractivity contribution in [2.75, 3.05) is 5.43 Å². The monoisotopic (exact) mass is 421 g/mol. The van der Waals surface area contributed by atoms with E-state index in [0.29, 0.717) is 27.7 Å². The lowest BCUT2D eigenvalue weighted by molar-refractivity contribution is -0.117. The van der Waals surface area contributed by atoms with E-state index in [1.54, 1.807) is 25.2 Å². The standard InChI is InChI=1S/C19H21F2N5O2S/c1-9-4-5-12-14(6-9)29-18-16(12)19(28)26(11(3)22-18)24-15(27)8-25-10(2)7-13(23-25)17(20)21/h7,9,17H,4-6,8H2,1-3H3,(H,24,27)/t9-/m0/s1. The zero-order valence-electron chi connectivity index (χ0n) is 16.3. The lowest BCUT2D eigenvalue weighted by atomic mass is 9.89. The summed E-state index contributed by atoms with van der Waals surface area (Å²) < 4.78 is 27.9. The Hall–Kier alpha value is -2.62. The molecule has 3 aromatic heterocycles. The molecule has 10 heteroatoms. The number of nitrogens with one attached hydrogen (secondary N) is 1. The normalized spacial score (nSPS) is 16.4. The molecule has 1 N–H and O–H groups in total. The second-order valence-corrected chi connectivity index (χ2v) is 8.62. The number of halogens is 2. The maximum atomic E-state index is 13.1. The highest BCUT2D eigenvalue weighted by Gasteiger charge is 2.24. The van der Waals surface area contributed by atoms with Crippen molar-refractivity contribution in [3.63, 3.8) is 0 Å². The van der Waals surface area contributed by atoms with Gasteiger partial charge in [0.2, 0.25) is 0 Å². The summed E-state index contributed by atoms with van der Waals surface area (Å²) in [5, 5.41) is 4.31. The number of alkyl halides is 2. The summed E-state index contributed by atoms with van der Waals surface area (Å²) in [4.78, 5) is 32.0. The van der Waals surface area contributed by atoms with Gasteiger partial charge in [-0.25, -0.2) is 18.4 Å². The second-order valence-electron chi connectivity index (χ2n) is 7.54. The Kier molecular flexibility index (Phi) is 4.97. The van der Waals surface area contributed by atoms with Crippen LogP contribution in [0.3, 0.4) is 0 Å². The van der Waals surface area contributed by atoms with Crippen molar-refractivity contribution in [2.45, 2.75) is 53.0 Å². The van der Waals surface area contributed by atoms with E-state index in [0.717, 1.165) is 29.5 Å². The third-order valence-electron chi connectivity index (χ3n) is 5.25. The van der Waals surface area contributed by atoms with Crippen LogP contribution < -0.4 is 11.0 Å². The predicted octanol–water partition coefficient (Wildman–Crippen LogP) is 3.10. The summed E-state index contributed by atoms with van der Waals surface area (Å²) in [6.07, 6.45) is 0.0744. The Morgan fingerprint density at radius 2 is 2.17 bits per heavy atom. The van der Waals surface area contributed by atoms with Crippen LogP contribution in [0.15, 0.2) is 10.9 Å². The van der Waals surface area contributed by atoms with Crippen molar-refractivity contribution >= 4 is 27.5 Å². The summed E-state index contributed by atoms with van der Waals surface area (Å²) in [6, 6.07) is 1.24. The Morgan fingerprint density at radius 1 is 1.41 bits per heavy atom. The second kappa shape index (κ2) is 7.33. The molecule has 0 saturated carbocycles. The van der Waals surface area contributed by atoms with E-state index in [1.807, 2.05) is 0 Å². The molecule has 7 nitrogen and oxygen atoms in total. The van der Waals surface area contributed by atoms with E-state index in [2.05, 4.69) is 22.4 Å². The van der Waals surface area contributed by atoms with Gasteiger partial charge >= 0.3 is 0 Å².